The Balaban J connectivity index is 1.90. The zero-order valence-corrected chi connectivity index (χ0v) is 16.1. The summed E-state index contributed by atoms with van der Waals surface area (Å²) in [5.74, 6) is 1.98. The molecule has 0 aliphatic rings. The summed E-state index contributed by atoms with van der Waals surface area (Å²) in [5, 5.41) is 5.63. The Hall–Kier alpha value is -2.93. The number of carbonyl (C=O) groups excluding carboxylic acids is 1. The number of ether oxygens (including phenoxy) is 4. The smallest absolute Gasteiger partial charge is 0.315 e. The van der Waals surface area contributed by atoms with Crippen LogP contribution < -0.4 is 24.8 Å². The number of hydrogen-bond donors (Lipinski definition) is 2. The molecule has 146 valence electrons. The van der Waals surface area contributed by atoms with E-state index in [9.17, 15) is 4.79 Å². The molecule has 1 unspecified atom stereocenters. The molecule has 7 heteroatoms. The predicted molar refractivity (Wildman–Crippen MR) is 103 cm³/mol. The standard InChI is InChI=1S/C20H26N2O5/c1-24-16-8-6-5-7-15(16)19(27-4)13-22-20(23)21-12-14-9-10-17(25-2)18(11-14)26-3/h5-11,19H,12-13H2,1-4H3,(H2,21,22,23). The first-order valence-electron chi connectivity index (χ1n) is 8.51. The van der Waals surface area contributed by atoms with Crippen LogP contribution in [0.2, 0.25) is 0 Å². The predicted octanol–water partition coefficient (Wildman–Crippen LogP) is 2.90. The molecule has 2 amide bonds. The first-order chi connectivity index (χ1) is 13.1. The molecule has 2 rings (SSSR count). The molecule has 1 atom stereocenters. The van der Waals surface area contributed by atoms with Crippen molar-refractivity contribution in [3.05, 3.63) is 53.6 Å². The molecule has 2 N–H and O–H groups in total. The Morgan fingerprint density at radius 3 is 2.26 bits per heavy atom. The second kappa shape index (κ2) is 10.3. The number of methoxy groups -OCH3 is 4. The lowest BCUT2D eigenvalue weighted by atomic mass is 10.1. The van der Waals surface area contributed by atoms with E-state index in [4.69, 9.17) is 18.9 Å². The van der Waals surface area contributed by atoms with Crippen molar-refractivity contribution in [3.8, 4) is 17.2 Å². The highest BCUT2D eigenvalue weighted by atomic mass is 16.5. The van der Waals surface area contributed by atoms with Crippen LogP contribution in [-0.4, -0.2) is 41.0 Å². The second-order valence-electron chi connectivity index (χ2n) is 5.72. The molecule has 0 aromatic heterocycles. The highest BCUT2D eigenvalue weighted by Gasteiger charge is 2.16. The SMILES string of the molecule is COc1ccc(CNC(=O)NCC(OC)c2ccccc2OC)cc1OC. The molecule has 0 saturated carbocycles. The number of para-hydroxylation sites is 1. The first-order valence-corrected chi connectivity index (χ1v) is 8.51. The molecule has 7 nitrogen and oxygen atoms in total. The minimum absolute atomic E-state index is 0.290. The average Bonchev–Trinajstić information content (AvgIpc) is 2.72. The molecule has 0 radical (unpaired) electrons. The summed E-state index contributed by atoms with van der Waals surface area (Å²) in [6.45, 7) is 0.674. The van der Waals surface area contributed by atoms with E-state index < -0.39 is 0 Å². The summed E-state index contributed by atoms with van der Waals surface area (Å²) >= 11 is 0. The quantitative estimate of drug-likeness (QED) is 0.706. The molecule has 0 aliphatic heterocycles. The zero-order valence-electron chi connectivity index (χ0n) is 16.1. The van der Waals surface area contributed by atoms with E-state index in [2.05, 4.69) is 10.6 Å². The van der Waals surface area contributed by atoms with Crippen molar-refractivity contribution < 1.29 is 23.7 Å². The third-order valence-electron chi connectivity index (χ3n) is 4.12. The third-order valence-corrected chi connectivity index (χ3v) is 4.12. The van der Waals surface area contributed by atoms with Gasteiger partial charge in [0.05, 0.1) is 21.3 Å². The summed E-state index contributed by atoms with van der Waals surface area (Å²) in [5.41, 5.74) is 1.78. The Labute approximate surface area is 159 Å². The lowest BCUT2D eigenvalue weighted by Gasteiger charge is -2.19. The molecule has 0 bridgehead atoms. The van der Waals surface area contributed by atoms with E-state index in [0.29, 0.717) is 24.6 Å². The average molecular weight is 374 g/mol. The lowest BCUT2D eigenvalue weighted by Crippen LogP contribution is -2.37. The second-order valence-corrected chi connectivity index (χ2v) is 5.72. The maximum absolute atomic E-state index is 12.1. The van der Waals surface area contributed by atoms with Gasteiger partial charge in [0.2, 0.25) is 0 Å². The van der Waals surface area contributed by atoms with Crippen molar-refractivity contribution in [3.63, 3.8) is 0 Å². The fourth-order valence-corrected chi connectivity index (χ4v) is 2.67. The fourth-order valence-electron chi connectivity index (χ4n) is 2.67. The minimum atomic E-state index is -0.312. The van der Waals surface area contributed by atoms with Gasteiger partial charge in [-0.2, -0.15) is 0 Å². The Morgan fingerprint density at radius 2 is 1.59 bits per heavy atom. The topological polar surface area (TPSA) is 78.1 Å². The van der Waals surface area contributed by atoms with Gasteiger partial charge in [0, 0.05) is 25.8 Å². The molecule has 2 aromatic rings. The van der Waals surface area contributed by atoms with E-state index >= 15 is 0 Å². The van der Waals surface area contributed by atoms with Gasteiger partial charge in [-0.25, -0.2) is 4.79 Å². The Morgan fingerprint density at radius 1 is 0.889 bits per heavy atom. The van der Waals surface area contributed by atoms with Gasteiger partial charge in [0.15, 0.2) is 11.5 Å². The van der Waals surface area contributed by atoms with Crippen molar-refractivity contribution in [1.82, 2.24) is 10.6 Å². The van der Waals surface area contributed by atoms with Gasteiger partial charge in [0.1, 0.15) is 11.9 Å². The summed E-state index contributed by atoms with van der Waals surface area (Å²) in [6.07, 6.45) is -0.312. The van der Waals surface area contributed by atoms with Crippen LogP contribution in [-0.2, 0) is 11.3 Å². The zero-order chi connectivity index (χ0) is 19.6. The van der Waals surface area contributed by atoms with E-state index in [1.165, 1.54) is 0 Å². The van der Waals surface area contributed by atoms with Crippen molar-refractivity contribution in [2.45, 2.75) is 12.6 Å². The molecule has 0 heterocycles. The van der Waals surface area contributed by atoms with Crippen LogP contribution in [0, 0.1) is 0 Å². The molecule has 0 saturated heterocycles. The van der Waals surface area contributed by atoms with Crippen LogP contribution in [0.5, 0.6) is 17.2 Å². The van der Waals surface area contributed by atoms with Crippen molar-refractivity contribution in [2.24, 2.45) is 0 Å². The van der Waals surface area contributed by atoms with E-state index in [1.54, 1.807) is 34.5 Å². The lowest BCUT2D eigenvalue weighted by molar-refractivity contribution is 0.101. The minimum Gasteiger partial charge on any atom is -0.496 e. The summed E-state index contributed by atoms with van der Waals surface area (Å²) in [4.78, 5) is 12.1. The van der Waals surface area contributed by atoms with E-state index in [-0.39, 0.29) is 12.1 Å². The molecule has 27 heavy (non-hydrogen) atoms. The molecular weight excluding hydrogens is 348 g/mol. The first kappa shape index (κ1) is 20.4. The van der Waals surface area contributed by atoms with Crippen LogP contribution in [0.3, 0.4) is 0 Å². The summed E-state index contributed by atoms with van der Waals surface area (Å²) in [7, 11) is 6.36. The highest BCUT2D eigenvalue weighted by molar-refractivity contribution is 5.73. The van der Waals surface area contributed by atoms with Gasteiger partial charge < -0.3 is 29.6 Å². The number of hydrogen-bond acceptors (Lipinski definition) is 5. The summed E-state index contributed by atoms with van der Waals surface area (Å²) < 4.78 is 21.3. The highest BCUT2D eigenvalue weighted by Crippen LogP contribution is 2.28. The van der Waals surface area contributed by atoms with Crippen LogP contribution in [0.25, 0.3) is 0 Å². The van der Waals surface area contributed by atoms with Gasteiger partial charge in [-0.05, 0) is 23.8 Å². The number of rotatable bonds is 9. The molecule has 0 fully saturated rings. The van der Waals surface area contributed by atoms with Crippen LogP contribution >= 0.6 is 0 Å². The van der Waals surface area contributed by atoms with E-state index in [1.807, 2.05) is 36.4 Å². The third kappa shape index (κ3) is 5.52. The maximum Gasteiger partial charge on any atom is 0.315 e. The number of amides is 2. The Kier molecular flexibility index (Phi) is 7.76. The normalized spacial score (nSPS) is 11.4. The molecular formula is C20H26N2O5. The molecule has 2 aromatic carbocycles. The molecule has 0 aliphatic carbocycles. The largest absolute Gasteiger partial charge is 0.496 e. The van der Waals surface area contributed by atoms with Crippen LogP contribution in [0.4, 0.5) is 4.79 Å². The van der Waals surface area contributed by atoms with Gasteiger partial charge in [-0.15, -0.1) is 0 Å². The number of nitrogens with one attached hydrogen (secondary N) is 2. The van der Waals surface area contributed by atoms with Gasteiger partial charge in [-0.1, -0.05) is 24.3 Å². The maximum atomic E-state index is 12.1. The van der Waals surface area contributed by atoms with Gasteiger partial charge >= 0.3 is 6.03 Å². The number of carbonyl (C=O) groups is 1. The number of urea groups is 1. The fraction of sp³-hybridized carbons (Fsp3) is 0.350. The Bertz CT molecular complexity index is 751. The van der Waals surface area contributed by atoms with Gasteiger partial charge in [-0.3, -0.25) is 0 Å². The van der Waals surface area contributed by atoms with Crippen molar-refractivity contribution in [2.75, 3.05) is 35.0 Å². The van der Waals surface area contributed by atoms with Gasteiger partial charge in [0.25, 0.3) is 0 Å². The number of benzene rings is 2. The summed E-state index contributed by atoms with van der Waals surface area (Å²) in [6, 6.07) is 12.8. The van der Waals surface area contributed by atoms with Crippen LogP contribution in [0.1, 0.15) is 17.2 Å². The van der Waals surface area contributed by atoms with Crippen molar-refractivity contribution in [1.29, 1.82) is 0 Å². The van der Waals surface area contributed by atoms with E-state index in [0.717, 1.165) is 16.9 Å². The van der Waals surface area contributed by atoms with Crippen molar-refractivity contribution >= 4 is 6.03 Å². The van der Waals surface area contributed by atoms with Crippen LogP contribution in [0.15, 0.2) is 42.5 Å². The molecule has 0 spiro atoms. The monoisotopic (exact) mass is 374 g/mol.